The van der Waals surface area contributed by atoms with Crippen molar-refractivity contribution in [2.45, 2.75) is 31.1 Å². The second-order valence-corrected chi connectivity index (χ2v) is 7.20. The molecule has 5 nitrogen and oxygen atoms in total. The van der Waals surface area contributed by atoms with E-state index in [1.54, 1.807) is 12.1 Å². The molecule has 1 aromatic carbocycles. The molecular weight excluding hydrogens is 290 g/mol. The highest BCUT2D eigenvalue weighted by Crippen LogP contribution is 2.32. The summed E-state index contributed by atoms with van der Waals surface area (Å²) in [5.74, 6) is -0.173. The van der Waals surface area contributed by atoms with Crippen LogP contribution >= 0.6 is 0 Å². The Bertz CT molecular complexity index is 608. The van der Waals surface area contributed by atoms with Crippen LogP contribution in [0.1, 0.15) is 36.5 Å². The third-order valence-electron chi connectivity index (χ3n) is 3.54. The summed E-state index contributed by atoms with van der Waals surface area (Å²) in [6.45, 7) is 2.95. The van der Waals surface area contributed by atoms with E-state index in [0.717, 1.165) is 19.3 Å². The monoisotopic (exact) mass is 311 g/mol. The Morgan fingerprint density at radius 1 is 1.33 bits per heavy atom. The van der Waals surface area contributed by atoms with Gasteiger partial charge in [0.1, 0.15) is 0 Å². The SMILES string of the molecule is CCCN(CC1CC1)S(=O)(=O)c1ccccc1C(=O)OC. The van der Waals surface area contributed by atoms with E-state index in [9.17, 15) is 13.2 Å². The lowest BCUT2D eigenvalue weighted by Gasteiger charge is -2.22. The average molecular weight is 311 g/mol. The normalized spacial score (nSPS) is 15.2. The molecule has 0 aromatic heterocycles. The van der Waals surface area contributed by atoms with Gasteiger partial charge in [-0.25, -0.2) is 13.2 Å². The van der Waals surface area contributed by atoms with Gasteiger partial charge < -0.3 is 4.74 Å². The molecule has 21 heavy (non-hydrogen) atoms. The Balaban J connectivity index is 2.38. The third kappa shape index (κ3) is 3.63. The van der Waals surface area contributed by atoms with Crippen molar-refractivity contribution in [2.24, 2.45) is 5.92 Å². The number of nitrogens with zero attached hydrogens (tertiary/aromatic N) is 1. The Labute approximate surface area is 126 Å². The van der Waals surface area contributed by atoms with Crippen molar-refractivity contribution in [3.8, 4) is 0 Å². The van der Waals surface area contributed by atoms with E-state index < -0.39 is 16.0 Å². The van der Waals surface area contributed by atoms with Crippen LogP contribution in [-0.4, -0.2) is 38.9 Å². The molecule has 0 amide bonds. The van der Waals surface area contributed by atoms with Crippen LogP contribution < -0.4 is 0 Å². The summed E-state index contributed by atoms with van der Waals surface area (Å²) in [5.41, 5.74) is 0.0944. The maximum absolute atomic E-state index is 12.8. The van der Waals surface area contributed by atoms with Crippen LogP contribution in [0.3, 0.4) is 0 Å². The number of hydrogen-bond acceptors (Lipinski definition) is 4. The van der Waals surface area contributed by atoms with Crippen LogP contribution in [-0.2, 0) is 14.8 Å². The van der Waals surface area contributed by atoms with Crippen LogP contribution in [0, 0.1) is 5.92 Å². The first-order valence-electron chi connectivity index (χ1n) is 7.18. The second-order valence-electron chi connectivity index (χ2n) is 5.29. The fraction of sp³-hybridized carbons (Fsp3) is 0.533. The molecule has 1 saturated carbocycles. The molecule has 1 fully saturated rings. The number of sulfonamides is 1. The lowest BCUT2D eigenvalue weighted by molar-refractivity contribution is 0.0596. The zero-order valence-electron chi connectivity index (χ0n) is 12.4. The van der Waals surface area contributed by atoms with Gasteiger partial charge in [0, 0.05) is 13.1 Å². The van der Waals surface area contributed by atoms with Gasteiger partial charge in [-0.1, -0.05) is 19.1 Å². The maximum atomic E-state index is 12.8. The highest BCUT2D eigenvalue weighted by molar-refractivity contribution is 7.89. The van der Waals surface area contributed by atoms with Crippen molar-refractivity contribution in [1.29, 1.82) is 0 Å². The lowest BCUT2D eigenvalue weighted by atomic mass is 10.2. The van der Waals surface area contributed by atoms with Gasteiger partial charge in [-0.3, -0.25) is 0 Å². The van der Waals surface area contributed by atoms with E-state index in [0.29, 0.717) is 19.0 Å². The Morgan fingerprint density at radius 2 is 2.00 bits per heavy atom. The first-order chi connectivity index (χ1) is 10.0. The fourth-order valence-corrected chi connectivity index (χ4v) is 4.04. The van der Waals surface area contributed by atoms with E-state index in [-0.39, 0.29) is 10.5 Å². The third-order valence-corrected chi connectivity index (χ3v) is 5.47. The minimum atomic E-state index is -3.67. The maximum Gasteiger partial charge on any atom is 0.339 e. The molecule has 0 N–H and O–H groups in total. The number of esters is 1. The highest BCUT2D eigenvalue weighted by Gasteiger charge is 2.33. The number of hydrogen-bond donors (Lipinski definition) is 0. The van der Waals surface area contributed by atoms with Gasteiger partial charge in [0.15, 0.2) is 0 Å². The van der Waals surface area contributed by atoms with Crippen molar-refractivity contribution in [2.75, 3.05) is 20.2 Å². The molecule has 1 aromatic rings. The molecule has 0 unspecified atom stereocenters. The van der Waals surface area contributed by atoms with E-state index in [4.69, 9.17) is 0 Å². The molecule has 2 rings (SSSR count). The number of rotatable bonds is 7. The summed E-state index contributed by atoms with van der Waals surface area (Å²) < 4.78 is 31.9. The first kappa shape index (κ1) is 16.0. The Hall–Kier alpha value is -1.40. The minimum Gasteiger partial charge on any atom is -0.465 e. The molecule has 1 aliphatic rings. The van der Waals surface area contributed by atoms with Gasteiger partial charge in [0.25, 0.3) is 0 Å². The van der Waals surface area contributed by atoms with Crippen molar-refractivity contribution in [3.63, 3.8) is 0 Å². The van der Waals surface area contributed by atoms with Crippen LogP contribution in [0.25, 0.3) is 0 Å². The second kappa shape index (κ2) is 6.58. The average Bonchev–Trinajstić information content (AvgIpc) is 3.30. The molecule has 0 saturated heterocycles. The van der Waals surface area contributed by atoms with Crippen LogP contribution in [0.15, 0.2) is 29.2 Å². The van der Waals surface area contributed by atoms with E-state index in [1.807, 2.05) is 6.92 Å². The molecule has 0 aliphatic heterocycles. The van der Waals surface area contributed by atoms with Crippen LogP contribution in [0.4, 0.5) is 0 Å². The molecule has 0 radical (unpaired) electrons. The number of carbonyl (C=O) groups is 1. The summed E-state index contributed by atoms with van der Waals surface area (Å²) in [7, 11) is -2.42. The van der Waals surface area contributed by atoms with Gasteiger partial charge in [-0.05, 0) is 37.3 Å². The molecule has 0 atom stereocenters. The molecule has 0 heterocycles. The van der Waals surface area contributed by atoms with Crippen molar-refractivity contribution < 1.29 is 17.9 Å². The van der Waals surface area contributed by atoms with Crippen molar-refractivity contribution >= 4 is 16.0 Å². The summed E-state index contributed by atoms with van der Waals surface area (Å²) in [5, 5.41) is 0. The van der Waals surface area contributed by atoms with E-state index >= 15 is 0 Å². The van der Waals surface area contributed by atoms with Gasteiger partial charge in [0.05, 0.1) is 17.6 Å². The topological polar surface area (TPSA) is 63.7 Å². The molecule has 0 bridgehead atoms. The Morgan fingerprint density at radius 3 is 2.57 bits per heavy atom. The Kier molecular flexibility index (Phi) is 5.00. The molecule has 116 valence electrons. The number of ether oxygens (including phenoxy) is 1. The number of benzene rings is 1. The zero-order chi connectivity index (χ0) is 15.5. The number of carbonyl (C=O) groups excluding carboxylic acids is 1. The van der Waals surface area contributed by atoms with Crippen LogP contribution in [0.2, 0.25) is 0 Å². The van der Waals surface area contributed by atoms with Crippen LogP contribution in [0.5, 0.6) is 0 Å². The smallest absolute Gasteiger partial charge is 0.339 e. The summed E-state index contributed by atoms with van der Waals surface area (Å²) in [6, 6.07) is 6.22. The summed E-state index contributed by atoms with van der Waals surface area (Å²) in [4.78, 5) is 11.8. The largest absolute Gasteiger partial charge is 0.465 e. The first-order valence-corrected chi connectivity index (χ1v) is 8.62. The van der Waals surface area contributed by atoms with Gasteiger partial charge >= 0.3 is 5.97 Å². The minimum absolute atomic E-state index is 0.0333. The van der Waals surface area contributed by atoms with E-state index in [1.165, 1.54) is 23.5 Å². The summed E-state index contributed by atoms with van der Waals surface area (Å²) in [6.07, 6.45) is 2.90. The highest BCUT2D eigenvalue weighted by atomic mass is 32.2. The molecule has 6 heteroatoms. The van der Waals surface area contributed by atoms with E-state index in [2.05, 4.69) is 4.74 Å². The van der Waals surface area contributed by atoms with Crippen molar-refractivity contribution in [3.05, 3.63) is 29.8 Å². The molecular formula is C15H21NO4S. The predicted molar refractivity (Wildman–Crippen MR) is 79.6 cm³/mol. The molecule has 0 spiro atoms. The van der Waals surface area contributed by atoms with Gasteiger partial charge in [-0.2, -0.15) is 4.31 Å². The number of methoxy groups -OCH3 is 1. The van der Waals surface area contributed by atoms with Gasteiger partial charge in [-0.15, -0.1) is 0 Å². The lowest BCUT2D eigenvalue weighted by Crippen LogP contribution is -2.34. The quantitative estimate of drug-likeness (QED) is 0.725. The van der Waals surface area contributed by atoms with Crippen molar-refractivity contribution in [1.82, 2.24) is 4.31 Å². The standard InChI is InChI=1S/C15H21NO4S/c1-3-10-16(11-12-8-9-12)21(18,19)14-7-5-4-6-13(14)15(17)20-2/h4-7,12H,3,8-11H2,1-2H3. The predicted octanol–water partition coefficient (Wildman–Crippen LogP) is 2.28. The summed E-state index contributed by atoms with van der Waals surface area (Å²) >= 11 is 0. The molecule has 1 aliphatic carbocycles. The fourth-order valence-electron chi connectivity index (χ4n) is 2.26. The van der Waals surface area contributed by atoms with Gasteiger partial charge in [0.2, 0.25) is 10.0 Å². The zero-order valence-corrected chi connectivity index (χ0v) is 13.2.